The van der Waals surface area contributed by atoms with Gasteiger partial charge in [0.25, 0.3) is 11.1 Å². The van der Waals surface area contributed by atoms with Crippen molar-refractivity contribution in [1.29, 1.82) is 0 Å². The Balaban J connectivity index is 0.000000223. The summed E-state index contributed by atoms with van der Waals surface area (Å²) in [5, 5.41) is 57.5. The van der Waals surface area contributed by atoms with Gasteiger partial charge in [0.1, 0.15) is 24.5 Å². The van der Waals surface area contributed by atoms with Crippen molar-refractivity contribution in [3.8, 4) is 0 Å². The Kier molecular flexibility index (Phi) is 8.56. The van der Waals surface area contributed by atoms with Gasteiger partial charge in [-0.1, -0.05) is 6.58 Å². The van der Waals surface area contributed by atoms with Gasteiger partial charge in [-0.2, -0.15) is 0 Å². The number of aryl methyl sites for hydroxylation is 1. The number of carbonyl (C=O) groups is 1. The maximum absolute atomic E-state index is 11.9. The molecule has 2 aromatic heterocycles. The Morgan fingerprint density at radius 3 is 2.31 bits per heavy atom. The van der Waals surface area contributed by atoms with Crippen molar-refractivity contribution >= 4 is 5.97 Å². The van der Waals surface area contributed by atoms with Crippen molar-refractivity contribution < 1.29 is 44.9 Å². The minimum absolute atomic E-state index is 0.205. The Morgan fingerprint density at radius 1 is 1.15 bits per heavy atom. The predicted octanol–water partition coefficient (Wildman–Crippen LogP) is -4.57. The molecule has 17 heteroatoms. The molecule has 2 aromatic rings. The summed E-state index contributed by atoms with van der Waals surface area (Å²) >= 11 is 0. The lowest BCUT2D eigenvalue weighted by molar-refractivity contribution is -0.198. The summed E-state index contributed by atoms with van der Waals surface area (Å²) in [7, 11) is 0. The van der Waals surface area contributed by atoms with Gasteiger partial charge in [-0.15, -0.1) is 0 Å². The molecule has 4 heterocycles. The first kappa shape index (κ1) is 29.8. The minimum atomic E-state index is -3.01. The summed E-state index contributed by atoms with van der Waals surface area (Å²) in [6.07, 6.45) is -2.42. The van der Waals surface area contributed by atoms with E-state index in [0.29, 0.717) is 10.1 Å². The second kappa shape index (κ2) is 11.2. The van der Waals surface area contributed by atoms with E-state index in [2.05, 4.69) is 11.6 Å². The molecule has 0 bridgehead atoms. The third kappa shape index (κ3) is 5.03. The highest BCUT2D eigenvalue weighted by Crippen LogP contribution is 2.44. The molecule has 4 rings (SSSR count). The summed E-state index contributed by atoms with van der Waals surface area (Å²) in [6.45, 7) is 3.79. The van der Waals surface area contributed by atoms with Crippen LogP contribution in [0.15, 0.2) is 50.3 Å². The molecule has 2 aliphatic heterocycles. The molecule has 2 fully saturated rings. The van der Waals surface area contributed by atoms with E-state index in [9.17, 15) is 44.4 Å². The highest BCUT2D eigenvalue weighted by Gasteiger charge is 2.70. The van der Waals surface area contributed by atoms with Crippen LogP contribution in [0, 0.1) is 6.92 Å². The maximum Gasteiger partial charge on any atom is 0.344 e. The fraction of sp³-hybridized carbons (Fsp3) is 0.500. The molecule has 0 radical (unpaired) electrons. The number of hydrogen-bond donors (Lipinski definition) is 8. The number of carboxylic acid groups (broad SMARTS) is 1. The number of aromatic nitrogens is 4. The number of nitrogens with one attached hydrogen (secondary N) is 2. The first-order valence-corrected chi connectivity index (χ1v) is 11.4. The number of nitrogens with zero attached hydrogens (tertiary/aromatic N) is 2. The molecule has 39 heavy (non-hydrogen) atoms. The normalized spacial score (nSPS) is 31.9. The van der Waals surface area contributed by atoms with E-state index in [1.165, 1.54) is 10.8 Å². The Morgan fingerprint density at radius 2 is 1.79 bits per heavy atom. The zero-order chi connectivity index (χ0) is 29.3. The zero-order valence-corrected chi connectivity index (χ0v) is 20.5. The molecular weight excluding hydrogens is 528 g/mol. The topological polar surface area (TPSA) is 267 Å². The fourth-order valence-corrected chi connectivity index (χ4v) is 4.35. The lowest BCUT2D eigenvalue weighted by Gasteiger charge is -2.37. The Labute approximate surface area is 217 Å². The van der Waals surface area contributed by atoms with Crippen molar-refractivity contribution in [2.75, 3.05) is 13.2 Å². The molecular formula is C22H28N4O13. The second-order valence-corrected chi connectivity index (χ2v) is 8.83. The van der Waals surface area contributed by atoms with Crippen molar-refractivity contribution in [3.05, 3.63) is 78.4 Å². The van der Waals surface area contributed by atoms with E-state index in [-0.39, 0.29) is 13.0 Å². The first-order chi connectivity index (χ1) is 18.3. The van der Waals surface area contributed by atoms with Gasteiger partial charge < -0.3 is 40.1 Å². The molecule has 214 valence electrons. The van der Waals surface area contributed by atoms with Crippen LogP contribution < -0.4 is 22.5 Å². The molecule has 0 saturated carbocycles. The van der Waals surface area contributed by atoms with Crippen LogP contribution in [0.2, 0.25) is 0 Å². The number of H-pyrrole nitrogens is 2. The standard InChI is InChI=1S/C12H14N2O8.C10H14N2O5/c1-2-11(14-4-3-7(16)13-10(14)20)12(21,9(18)19)8(17)6(5-15)22-11;1-5-3-12(10(16)11-9(5)15)8-2-6(14)7(4-13)17-8/h2-4,6,8,15,17,21H,1,5H2,(H,18,19)(H,13,16,20);3,6-8,13-14H,2,4H2,1H3,(H,11,15,16)/t6-,8-,11-,12+;6-,7+,8+/m10/s1. The first-order valence-electron chi connectivity index (χ1n) is 11.4. The fourth-order valence-electron chi connectivity index (χ4n) is 4.35. The van der Waals surface area contributed by atoms with Gasteiger partial charge >= 0.3 is 17.3 Å². The summed E-state index contributed by atoms with van der Waals surface area (Å²) in [6, 6.07) is 0.900. The quantitative estimate of drug-likeness (QED) is 0.156. The molecule has 7 atom stereocenters. The van der Waals surface area contributed by atoms with E-state index in [1.54, 1.807) is 6.92 Å². The van der Waals surface area contributed by atoms with Gasteiger partial charge in [-0.3, -0.25) is 28.7 Å². The van der Waals surface area contributed by atoms with Crippen LogP contribution >= 0.6 is 0 Å². The van der Waals surface area contributed by atoms with Gasteiger partial charge in [0.2, 0.25) is 11.3 Å². The number of aliphatic hydroxyl groups is 5. The zero-order valence-electron chi connectivity index (χ0n) is 20.5. The number of rotatable bonds is 6. The van der Waals surface area contributed by atoms with Crippen LogP contribution in [0.4, 0.5) is 0 Å². The SMILES string of the molecule is C=C[C@@]1(n2ccc(=O)[nH]c2=O)O[C@H](CO)[C@@H](O)[C@]1(O)C(=O)O.Cc1cn([C@H]2C[C@H](O)[C@@H](CO)O2)c(=O)[nH]c1=O. The lowest BCUT2D eigenvalue weighted by atomic mass is 9.85. The molecule has 0 aliphatic carbocycles. The van der Waals surface area contributed by atoms with Crippen molar-refractivity contribution in [1.82, 2.24) is 19.1 Å². The van der Waals surface area contributed by atoms with E-state index >= 15 is 0 Å². The van der Waals surface area contributed by atoms with Crippen molar-refractivity contribution in [2.24, 2.45) is 0 Å². The molecule has 0 aromatic carbocycles. The largest absolute Gasteiger partial charge is 0.479 e. The third-order valence-electron chi connectivity index (χ3n) is 6.46. The average molecular weight is 556 g/mol. The summed E-state index contributed by atoms with van der Waals surface area (Å²) < 4.78 is 12.4. The molecule has 0 unspecified atom stereocenters. The summed E-state index contributed by atoms with van der Waals surface area (Å²) in [5.74, 6) is -1.89. The van der Waals surface area contributed by atoms with Gasteiger partial charge in [-0.25, -0.2) is 14.4 Å². The number of aliphatic hydroxyl groups excluding tert-OH is 4. The van der Waals surface area contributed by atoms with Gasteiger partial charge in [0, 0.05) is 30.4 Å². The van der Waals surface area contributed by atoms with Crippen LogP contribution in [-0.4, -0.2) is 98.9 Å². The van der Waals surface area contributed by atoms with Crippen LogP contribution in [0.1, 0.15) is 18.2 Å². The number of carboxylic acids is 1. The van der Waals surface area contributed by atoms with Gasteiger partial charge in [0.15, 0.2) is 0 Å². The van der Waals surface area contributed by atoms with Crippen LogP contribution in [0.25, 0.3) is 0 Å². The van der Waals surface area contributed by atoms with E-state index in [0.717, 1.165) is 18.3 Å². The highest BCUT2D eigenvalue weighted by atomic mass is 16.6. The molecule has 2 aliphatic rings. The number of aliphatic carboxylic acids is 1. The third-order valence-corrected chi connectivity index (χ3v) is 6.46. The molecule has 8 N–H and O–H groups in total. The number of ether oxygens (including phenoxy) is 2. The summed E-state index contributed by atoms with van der Waals surface area (Å²) in [4.78, 5) is 61.4. The lowest BCUT2D eigenvalue weighted by Crippen LogP contribution is -2.64. The van der Waals surface area contributed by atoms with Gasteiger partial charge in [-0.05, 0) is 13.0 Å². The molecule has 17 nitrogen and oxygen atoms in total. The monoisotopic (exact) mass is 556 g/mol. The van der Waals surface area contributed by atoms with E-state index in [4.69, 9.17) is 19.7 Å². The maximum atomic E-state index is 11.9. The number of aromatic amines is 2. The van der Waals surface area contributed by atoms with E-state index in [1.807, 2.05) is 4.98 Å². The molecule has 0 spiro atoms. The Bertz CT molecular complexity index is 1460. The van der Waals surface area contributed by atoms with Gasteiger partial charge in [0.05, 0.1) is 19.3 Å². The smallest absolute Gasteiger partial charge is 0.344 e. The summed E-state index contributed by atoms with van der Waals surface area (Å²) in [5.41, 5.74) is -7.92. The minimum Gasteiger partial charge on any atom is -0.479 e. The van der Waals surface area contributed by atoms with Crippen LogP contribution in [0.5, 0.6) is 0 Å². The van der Waals surface area contributed by atoms with Crippen molar-refractivity contribution in [3.63, 3.8) is 0 Å². The number of hydrogen-bond acceptors (Lipinski definition) is 12. The van der Waals surface area contributed by atoms with Crippen molar-refractivity contribution in [2.45, 2.75) is 55.3 Å². The molecule has 2 saturated heterocycles. The molecule has 0 amide bonds. The average Bonchev–Trinajstić information content (AvgIpc) is 3.37. The highest BCUT2D eigenvalue weighted by molar-refractivity contribution is 5.80. The van der Waals surface area contributed by atoms with Crippen LogP contribution in [0.3, 0.4) is 0 Å². The Hall–Kier alpha value is -3.71. The second-order valence-electron chi connectivity index (χ2n) is 8.83. The van der Waals surface area contributed by atoms with Crippen LogP contribution in [-0.2, 0) is 20.0 Å². The van der Waals surface area contributed by atoms with E-state index < -0.39 is 77.0 Å². The predicted molar refractivity (Wildman–Crippen MR) is 128 cm³/mol.